The minimum Gasteiger partial charge on any atom is -0.396 e. The standard InChI is InChI=1S/C4H3Br2N3/c5-2-1-8-9-4(6)3(2)7/h1H,(H2,7,8). The Bertz CT molecular complexity index is 205. The van der Waals surface area contributed by atoms with Crippen LogP contribution in [0.3, 0.4) is 0 Å². The predicted molar refractivity (Wildman–Crippen MR) is 41.8 cm³/mol. The van der Waals surface area contributed by atoms with Crippen molar-refractivity contribution in [1.82, 2.24) is 10.2 Å². The number of halogens is 2. The SMILES string of the molecule is Nc1c(Br)cnnc1Br. The Kier molecular flexibility index (Phi) is 2.02. The molecule has 3 nitrogen and oxygen atoms in total. The minimum absolute atomic E-state index is 0.567. The second kappa shape index (κ2) is 2.62. The van der Waals surface area contributed by atoms with E-state index in [2.05, 4.69) is 42.1 Å². The Labute approximate surface area is 68.9 Å². The summed E-state index contributed by atoms with van der Waals surface area (Å²) in [6, 6.07) is 0. The monoisotopic (exact) mass is 251 g/mol. The third kappa shape index (κ3) is 1.40. The van der Waals surface area contributed by atoms with Crippen molar-refractivity contribution in [3.05, 3.63) is 15.3 Å². The Morgan fingerprint density at radius 3 is 2.56 bits per heavy atom. The number of anilines is 1. The van der Waals surface area contributed by atoms with Crippen molar-refractivity contribution in [2.24, 2.45) is 0 Å². The van der Waals surface area contributed by atoms with E-state index in [0.29, 0.717) is 10.3 Å². The predicted octanol–water partition coefficient (Wildman–Crippen LogP) is 1.58. The highest BCUT2D eigenvalue weighted by atomic mass is 79.9. The Hall–Kier alpha value is -0.160. The van der Waals surface area contributed by atoms with Crippen LogP contribution in [0.5, 0.6) is 0 Å². The van der Waals surface area contributed by atoms with Gasteiger partial charge in [-0.15, -0.1) is 5.10 Å². The maximum atomic E-state index is 5.49. The summed E-state index contributed by atoms with van der Waals surface area (Å²) in [5.74, 6) is 0. The largest absolute Gasteiger partial charge is 0.396 e. The van der Waals surface area contributed by atoms with Gasteiger partial charge in [0.15, 0.2) is 4.60 Å². The summed E-state index contributed by atoms with van der Waals surface area (Å²) in [6.07, 6.45) is 1.54. The number of rotatable bonds is 0. The van der Waals surface area contributed by atoms with Crippen molar-refractivity contribution in [2.75, 3.05) is 5.73 Å². The Morgan fingerprint density at radius 2 is 2.11 bits per heavy atom. The van der Waals surface area contributed by atoms with E-state index in [1.165, 1.54) is 0 Å². The first-order chi connectivity index (χ1) is 4.22. The maximum absolute atomic E-state index is 5.49. The molecule has 0 saturated heterocycles. The highest BCUT2D eigenvalue weighted by Gasteiger charge is 1.99. The van der Waals surface area contributed by atoms with Gasteiger partial charge >= 0.3 is 0 Å². The highest BCUT2D eigenvalue weighted by molar-refractivity contribution is 9.11. The van der Waals surface area contributed by atoms with Gasteiger partial charge in [-0.05, 0) is 31.9 Å². The molecular formula is C4H3Br2N3. The lowest BCUT2D eigenvalue weighted by Gasteiger charge is -1.95. The van der Waals surface area contributed by atoms with E-state index in [4.69, 9.17) is 5.73 Å². The number of nitrogens with zero attached hydrogens (tertiary/aromatic N) is 2. The number of hydrogen-bond acceptors (Lipinski definition) is 3. The number of nitrogens with two attached hydrogens (primary N) is 1. The summed E-state index contributed by atoms with van der Waals surface area (Å²) in [5, 5.41) is 7.27. The molecule has 0 aliphatic heterocycles. The molecule has 1 aromatic heterocycles. The molecule has 0 aliphatic carbocycles. The van der Waals surface area contributed by atoms with Crippen LogP contribution in [0.25, 0.3) is 0 Å². The van der Waals surface area contributed by atoms with Crippen LogP contribution in [0, 0.1) is 0 Å². The van der Waals surface area contributed by atoms with Gasteiger partial charge in [0.2, 0.25) is 0 Å². The average molecular weight is 253 g/mol. The van der Waals surface area contributed by atoms with Crippen LogP contribution in [0.1, 0.15) is 0 Å². The van der Waals surface area contributed by atoms with Gasteiger partial charge in [-0.25, -0.2) is 0 Å². The van der Waals surface area contributed by atoms with E-state index < -0.39 is 0 Å². The minimum atomic E-state index is 0.567. The molecule has 0 spiro atoms. The van der Waals surface area contributed by atoms with Crippen molar-refractivity contribution in [2.45, 2.75) is 0 Å². The second-order valence-electron chi connectivity index (χ2n) is 1.40. The summed E-state index contributed by atoms with van der Waals surface area (Å²) < 4.78 is 1.32. The average Bonchev–Trinajstić information content (AvgIpc) is 1.83. The fourth-order valence-electron chi connectivity index (χ4n) is 0.352. The third-order valence-electron chi connectivity index (χ3n) is 0.796. The zero-order valence-electron chi connectivity index (χ0n) is 4.31. The number of aromatic nitrogens is 2. The molecule has 9 heavy (non-hydrogen) atoms. The molecule has 0 atom stereocenters. The van der Waals surface area contributed by atoms with Crippen LogP contribution >= 0.6 is 31.9 Å². The van der Waals surface area contributed by atoms with Crippen molar-refractivity contribution in [1.29, 1.82) is 0 Å². The van der Waals surface area contributed by atoms with Gasteiger partial charge < -0.3 is 5.73 Å². The molecule has 1 aromatic rings. The fourth-order valence-corrected chi connectivity index (χ4v) is 1.20. The van der Waals surface area contributed by atoms with Crippen LogP contribution in [0.2, 0.25) is 0 Å². The first-order valence-corrected chi connectivity index (χ1v) is 3.72. The van der Waals surface area contributed by atoms with Crippen molar-refractivity contribution >= 4 is 37.5 Å². The maximum Gasteiger partial charge on any atom is 0.152 e. The molecule has 0 radical (unpaired) electrons. The first-order valence-electron chi connectivity index (χ1n) is 2.14. The van der Waals surface area contributed by atoms with Gasteiger partial charge in [-0.3, -0.25) is 0 Å². The zero-order valence-corrected chi connectivity index (χ0v) is 7.48. The molecule has 0 amide bonds. The van der Waals surface area contributed by atoms with E-state index >= 15 is 0 Å². The molecule has 0 aromatic carbocycles. The van der Waals surface area contributed by atoms with E-state index in [9.17, 15) is 0 Å². The summed E-state index contributed by atoms with van der Waals surface area (Å²) in [6.45, 7) is 0. The molecule has 0 aliphatic rings. The lowest BCUT2D eigenvalue weighted by atomic mass is 10.5. The first kappa shape index (κ1) is 6.95. The summed E-state index contributed by atoms with van der Waals surface area (Å²) >= 11 is 6.31. The van der Waals surface area contributed by atoms with Gasteiger partial charge in [0, 0.05) is 0 Å². The lowest BCUT2D eigenvalue weighted by molar-refractivity contribution is 1.00. The van der Waals surface area contributed by atoms with Gasteiger partial charge in [-0.1, -0.05) is 0 Å². The molecule has 0 fully saturated rings. The van der Waals surface area contributed by atoms with Crippen LogP contribution < -0.4 is 5.73 Å². The molecular weight excluding hydrogens is 250 g/mol. The van der Waals surface area contributed by atoms with Crippen LogP contribution in [0.4, 0.5) is 5.69 Å². The van der Waals surface area contributed by atoms with Gasteiger partial charge in [0.1, 0.15) is 0 Å². The van der Waals surface area contributed by atoms with E-state index in [1.807, 2.05) is 0 Å². The quantitative estimate of drug-likeness (QED) is 0.763. The summed E-state index contributed by atoms with van der Waals surface area (Å²) in [4.78, 5) is 0. The van der Waals surface area contributed by atoms with Gasteiger partial charge in [-0.2, -0.15) is 5.10 Å². The molecule has 1 heterocycles. The molecule has 0 saturated carbocycles. The number of hydrogen-bond donors (Lipinski definition) is 1. The topological polar surface area (TPSA) is 51.8 Å². The second-order valence-corrected chi connectivity index (χ2v) is 3.00. The highest BCUT2D eigenvalue weighted by Crippen LogP contribution is 2.23. The Balaban J connectivity index is 3.25. The third-order valence-corrected chi connectivity index (χ3v) is 2.01. The zero-order chi connectivity index (χ0) is 6.85. The molecule has 48 valence electrons. The van der Waals surface area contributed by atoms with E-state index in [1.54, 1.807) is 6.20 Å². The van der Waals surface area contributed by atoms with Crippen molar-refractivity contribution in [3.8, 4) is 0 Å². The van der Waals surface area contributed by atoms with Gasteiger partial charge in [0.25, 0.3) is 0 Å². The number of nitrogen functional groups attached to an aromatic ring is 1. The van der Waals surface area contributed by atoms with Crippen LogP contribution in [-0.4, -0.2) is 10.2 Å². The normalized spacial score (nSPS) is 9.56. The van der Waals surface area contributed by atoms with Crippen LogP contribution in [-0.2, 0) is 0 Å². The van der Waals surface area contributed by atoms with E-state index in [-0.39, 0.29) is 0 Å². The molecule has 0 unspecified atom stereocenters. The molecule has 5 heteroatoms. The van der Waals surface area contributed by atoms with Crippen LogP contribution in [0.15, 0.2) is 15.3 Å². The Morgan fingerprint density at radius 1 is 1.44 bits per heavy atom. The van der Waals surface area contributed by atoms with Gasteiger partial charge in [0.05, 0.1) is 16.4 Å². The molecule has 0 bridgehead atoms. The smallest absolute Gasteiger partial charge is 0.152 e. The van der Waals surface area contributed by atoms with Crippen molar-refractivity contribution in [3.63, 3.8) is 0 Å². The molecule has 1 rings (SSSR count). The van der Waals surface area contributed by atoms with E-state index in [0.717, 1.165) is 4.47 Å². The summed E-state index contributed by atoms with van der Waals surface area (Å²) in [5.41, 5.74) is 6.06. The lowest BCUT2D eigenvalue weighted by Crippen LogP contribution is -1.92. The summed E-state index contributed by atoms with van der Waals surface area (Å²) in [7, 11) is 0. The molecule has 2 N–H and O–H groups in total. The fraction of sp³-hybridized carbons (Fsp3) is 0. The van der Waals surface area contributed by atoms with Crippen molar-refractivity contribution < 1.29 is 0 Å².